The largest absolute Gasteiger partial charge is 0.452 e. The summed E-state index contributed by atoms with van der Waals surface area (Å²) in [5.74, 6) is -0.387. The van der Waals surface area contributed by atoms with E-state index in [0.29, 0.717) is 29.0 Å². The molecule has 4 rings (SSSR count). The van der Waals surface area contributed by atoms with Crippen molar-refractivity contribution < 1.29 is 28.6 Å². The van der Waals surface area contributed by atoms with Crippen molar-refractivity contribution in [2.24, 2.45) is 0 Å². The van der Waals surface area contributed by atoms with Crippen LogP contribution >= 0.6 is 0 Å². The molecular weight excluding hydrogens is 374 g/mol. The van der Waals surface area contributed by atoms with E-state index in [2.05, 4.69) is 5.32 Å². The monoisotopic (exact) mass is 395 g/mol. The summed E-state index contributed by atoms with van der Waals surface area (Å²) in [6, 6.07) is 11.2. The zero-order valence-electron chi connectivity index (χ0n) is 15.8. The summed E-state index contributed by atoms with van der Waals surface area (Å²) in [5, 5.41) is 2.69. The highest BCUT2D eigenvalue weighted by Crippen LogP contribution is 2.46. The van der Waals surface area contributed by atoms with Gasteiger partial charge in [0, 0.05) is 30.2 Å². The predicted molar refractivity (Wildman–Crippen MR) is 104 cm³/mol. The highest BCUT2D eigenvalue weighted by Gasteiger charge is 2.42. The molecule has 1 aliphatic heterocycles. The van der Waals surface area contributed by atoms with Crippen molar-refractivity contribution in [3.63, 3.8) is 0 Å². The van der Waals surface area contributed by atoms with Crippen LogP contribution in [0.1, 0.15) is 52.8 Å². The van der Waals surface area contributed by atoms with E-state index in [1.807, 2.05) is 0 Å². The first-order chi connectivity index (χ1) is 14.1. The second kappa shape index (κ2) is 7.95. The van der Waals surface area contributed by atoms with Gasteiger partial charge in [-0.15, -0.1) is 0 Å². The van der Waals surface area contributed by atoms with Gasteiger partial charge in [-0.3, -0.25) is 9.59 Å². The summed E-state index contributed by atoms with van der Waals surface area (Å²) in [4.78, 5) is 34.8. The molecule has 0 bridgehead atoms. The molecule has 7 nitrogen and oxygen atoms in total. The summed E-state index contributed by atoms with van der Waals surface area (Å²) in [6.45, 7) is -0.424. The van der Waals surface area contributed by atoms with Gasteiger partial charge in [0.1, 0.15) is 6.29 Å². The van der Waals surface area contributed by atoms with Crippen molar-refractivity contribution in [1.29, 1.82) is 0 Å². The van der Waals surface area contributed by atoms with Gasteiger partial charge in [0.15, 0.2) is 18.1 Å². The number of carbonyl (C=O) groups is 3. The van der Waals surface area contributed by atoms with Crippen LogP contribution in [0.5, 0.6) is 11.5 Å². The minimum atomic E-state index is -0.637. The smallest absolute Gasteiger partial charge is 0.338 e. The maximum atomic E-state index is 12.1. The van der Waals surface area contributed by atoms with Crippen LogP contribution < -0.4 is 14.8 Å². The number of rotatable bonds is 5. The first-order valence-electron chi connectivity index (χ1n) is 9.61. The Labute approximate surface area is 168 Å². The van der Waals surface area contributed by atoms with Crippen molar-refractivity contribution in [3.8, 4) is 11.5 Å². The van der Waals surface area contributed by atoms with Gasteiger partial charge in [0.25, 0.3) is 11.7 Å². The fourth-order valence-corrected chi connectivity index (χ4v) is 3.58. The highest BCUT2D eigenvalue weighted by molar-refractivity contribution is 5.96. The maximum Gasteiger partial charge on any atom is 0.338 e. The van der Waals surface area contributed by atoms with Crippen LogP contribution in [0.15, 0.2) is 42.5 Å². The van der Waals surface area contributed by atoms with Gasteiger partial charge in [-0.2, -0.15) is 0 Å². The van der Waals surface area contributed by atoms with Crippen LogP contribution in [-0.4, -0.2) is 30.6 Å². The maximum absolute atomic E-state index is 12.1. The lowest BCUT2D eigenvalue weighted by Gasteiger charge is -2.31. The Bertz CT molecular complexity index is 931. The summed E-state index contributed by atoms with van der Waals surface area (Å²) >= 11 is 0. The zero-order valence-corrected chi connectivity index (χ0v) is 15.8. The second-order valence-electron chi connectivity index (χ2n) is 7.20. The number of fused-ring (bicyclic) bond motifs is 1. The lowest BCUT2D eigenvalue weighted by Crippen LogP contribution is -2.40. The van der Waals surface area contributed by atoms with Crippen molar-refractivity contribution in [2.75, 3.05) is 11.9 Å². The molecule has 0 unspecified atom stereocenters. The first kappa shape index (κ1) is 19.0. The minimum absolute atomic E-state index is 0.268. The average Bonchev–Trinajstić information content (AvgIpc) is 3.09. The number of hydrogen-bond donors (Lipinski definition) is 1. The Hall–Kier alpha value is -3.35. The number of nitrogens with one attached hydrogen (secondary N) is 1. The Morgan fingerprint density at radius 1 is 1.00 bits per heavy atom. The molecule has 0 saturated heterocycles. The second-order valence-corrected chi connectivity index (χ2v) is 7.20. The van der Waals surface area contributed by atoms with Crippen LogP contribution in [0.4, 0.5) is 5.69 Å². The van der Waals surface area contributed by atoms with E-state index in [-0.39, 0.29) is 5.56 Å². The van der Waals surface area contributed by atoms with Crippen LogP contribution in [0.25, 0.3) is 0 Å². The number of aldehydes is 1. The van der Waals surface area contributed by atoms with E-state index in [9.17, 15) is 14.4 Å². The standard InChI is InChI=1S/C22H21NO6/c24-13-15-4-6-16(7-5-15)21(26)27-14-20(25)23-17-8-9-18-19(12-17)29-22(28-18)10-2-1-3-11-22/h4-9,12-13H,1-3,10-11,14H2,(H,23,25). The van der Waals surface area contributed by atoms with E-state index in [4.69, 9.17) is 14.2 Å². The summed E-state index contributed by atoms with van der Waals surface area (Å²) in [5.41, 5.74) is 1.26. The number of ether oxygens (including phenoxy) is 3. The summed E-state index contributed by atoms with van der Waals surface area (Å²) in [6.07, 6.45) is 5.72. The van der Waals surface area contributed by atoms with E-state index in [1.165, 1.54) is 30.7 Å². The van der Waals surface area contributed by atoms with Crippen molar-refractivity contribution in [2.45, 2.75) is 37.9 Å². The van der Waals surface area contributed by atoms with Gasteiger partial charge < -0.3 is 19.5 Å². The molecule has 1 aliphatic carbocycles. The number of anilines is 1. The molecule has 0 aromatic heterocycles. The molecule has 1 amide bonds. The molecule has 0 radical (unpaired) electrons. The van der Waals surface area contributed by atoms with Gasteiger partial charge in [-0.25, -0.2) is 4.79 Å². The van der Waals surface area contributed by atoms with Gasteiger partial charge >= 0.3 is 5.97 Å². The molecular formula is C22H21NO6. The molecule has 1 heterocycles. The van der Waals surface area contributed by atoms with E-state index in [1.54, 1.807) is 18.2 Å². The van der Waals surface area contributed by atoms with Gasteiger partial charge in [0.05, 0.1) is 5.56 Å². The fourth-order valence-electron chi connectivity index (χ4n) is 3.58. The Morgan fingerprint density at radius 3 is 2.45 bits per heavy atom. The third-order valence-corrected chi connectivity index (χ3v) is 5.05. The fraction of sp³-hybridized carbons (Fsp3) is 0.318. The number of esters is 1. The number of benzene rings is 2. The number of amides is 1. The molecule has 1 N–H and O–H groups in total. The Balaban J connectivity index is 1.32. The summed E-state index contributed by atoms with van der Waals surface area (Å²) < 4.78 is 17.1. The number of carbonyl (C=O) groups excluding carboxylic acids is 3. The SMILES string of the molecule is O=Cc1ccc(C(=O)OCC(=O)Nc2ccc3c(c2)OC2(CCCCC2)O3)cc1. The molecule has 2 aliphatic rings. The molecule has 1 saturated carbocycles. The minimum Gasteiger partial charge on any atom is -0.452 e. The first-order valence-corrected chi connectivity index (χ1v) is 9.61. The molecule has 2 aromatic rings. The third kappa shape index (κ3) is 4.23. The lowest BCUT2D eigenvalue weighted by atomic mass is 9.94. The highest BCUT2D eigenvalue weighted by atomic mass is 16.7. The lowest BCUT2D eigenvalue weighted by molar-refractivity contribution is -0.119. The molecule has 7 heteroatoms. The molecule has 29 heavy (non-hydrogen) atoms. The van der Waals surface area contributed by atoms with Crippen molar-refractivity contribution in [1.82, 2.24) is 0 Å². The van der Waals surface area contributed by atoms with Crippen LogP contribution in [-0.2, 0) is 9.53 Å². The van der Waals surface area contributed by atoms with Crippen molar-refractivity contribution >= 4 is 23.9 Å². The van der Waals surface area contributed by atoms with Crippen LogP contribution in [0.2, 0.25) is 0 Å². The molecule has 2 aromatic carbocycles. The van der Waals surface area contributed by atoms with Gasteiger partial charge in [-0.05, 0) is 37.1 Å². The molecule has 1 spiro atoms. The van der Waals surface area contributed by atoms with Crippen LogP contribution in [0, 0.1) is 0 Å². The summed E-state index contributed by atoms with van der Waals surface area (Å²) in [7, 11) is 0. The predicted octanol–water partition coefficient (Wildman–Crippen LogP) is 3.73. The number of hydrogen-bond acceptors (Lipinski definition) is 6. The molecule has 0 atom stereocenters. The normalized spacial score (nSPS) is 16.3. The van der Waals surface area contributed by atoms with E-state index >= 15 is 0 Å². The molecule has 1 fully saturated rings. The topological polar surface area (TPSA) is 90.9 Å². The van der Waals surface area contributed by atoms with Gasteiger partial charge in [0.2, 0.25) is 0 Å². The van der Waals surface area contributed by atoms with Gasteiger partial charge in [-0.1, -0.05) is 18.6 Å². The Kier molecular flexibility index (Phi) is 5.20. The zero-order chi connectivity index (χ0) is 20.3. The van der Waals surface area contributed by atoms with E-state index < -0.39 is 24.3 Å². The van der Waals surface area contributed by atoms with Crippen LogP contribution in [0.3, 0.4) is 0 Å². The quantitative estimate of drug-likeness (QED) is 0.613. The Morgan fingerprint density at radius 2 is 1.72 bits per heavy atom. The average molecular weight is 395 g/mol. The third-order valence-electron chi connectivity index (χ3n) is 5.05. The molecule has 150 valence electrons. The van der Waals surface area contributed by atoms with Crippen molar-refractivity contribution in [3.05, 3.63) is 53.6 Å². The van der Waals surface area contributed by atoms with E-state index in [0.717, 1.165) is 25.7 Å².